The zero-order chi connectivity index (χ0) is 18.9. The van der Waals surface area contributed by atoms with Crippen LogP contribution in [-0.4, -0.2) is 51.3 Å². The quantitative estimate of drug-likeness (QED) is 0.729. The summed E-state index contributed by atoms with van der Waals surface area (Å²) in [4.78, 5) is 20.6. The van der Waals surface area contributed by atoms with Crippen LogP contribution in [0.2, 0.25) is 0 Å². The molecule has 10 heteroatoms. The highest BCUT2D eigenvalue weighted by molar-refractivity contribution is 7.89. The van der Waals surface area contributed by atoms with E-state index in [0.29, 0.717) is 24.6 Å². The van der Waals surface area contributed by atoms with Gasteiger partial charge in [0, 0.05) is 31.2 Å². The highest BCUT2D eigenvalue weighted by atomic mass is 32.2. The van der Waals surface area contributed by atoms with Crippen LogP contribution in [0.4, 0.5) is 5.69 Å². The molecule has 27 heavy (non-hydrogen) atoms. The Morgan fingerprint density at radius 1 is 1.11 bits per heavy atom. The van der Waals surface area contributed by atoms with Crippen molar-refractivity contribution in [3.05, 3.63) is 48.5 Å². The van der Waals surface area contributed by atoms with Crippen molar-refractivity contribution in [3.63, 3.8) is 0 Å². The predicted molar refractivity (Wildman–Crippen MR) is 97.8 cm³/mol. The van der Waals surface area contributed by atoms with E-state index in [-0.39, 0.29) is 10.7 Å². The molecular formula is C17H18N6O3S. The highest BCUT2D eigenvalue weighted by Gasteiger charge is 2.26. The highest BCUT2D eigenvalue weighted by Crippen LogP contribution is 2.23. The van der Waals surface area contributed by atoms with Gasteiger partial charge in [-0.25, -0.2) is 17.9 Å². The molecule has 1 saturated heterocycles. The third kappa shape index (κ3) is 3.53. The van der Waals surface area contributed by atoms with Crippen LogP contribution in [0.5, 0.6) is 0 Å². The molecule has 1 aliphatic heterocycles. The molecule has 0 aliphatic carbocycles. The van der Waals surface area contributed by atoms with Crippen LogP contribution in [0.15, 0.2) is 47.6 Å². The van der Waals surface area contributed by atoms with E-state index in [1.54, 1.807) is 30.6 Å². The second kappa shape index (κ2) is 7.05. The van der Waals surface area contributed by atoms with Gasteiger partial charge in [-0.05, 0) is 37.1 Å². The smallest absolute Gasteiger partial charge is 0.295 e. The SMILES string of the molecule is O=C(Nc1cccc(S(=O)(=O)N2CCCCC2)c1)c1nc2ncccn2n1. The van der Waals surface area contributed by atoms with E-state index in [1.807, 2.05) is 0 Å². The second-order valence-electron chi connectivity index (χ2n) is 6.25. The molecule has 1 aromatic carbocycles. The van der Waals surface area contributed by atoms with Crippen molar-refractivity contribution in [2.24, 2.45) is 0 Å². The average Bonchev–Trinajstić information content (AvgIpc) is 3.13. The number of carbonyl (C=O) groups is 1. The molecule has 2 aromatic heterocycles. The molecule has 1 N–H and O–H groups in total. The summed E-state index contributed by atoms with van der Waals surface area (Å²) in [5.41, 5.74) is 0.366. The zero-order valence-electron chi connectivity index (χ0n) is 14.4. The molecule has 1 amide bonds. The van der Waals surface area contributed by atoms with Gasteiger partial charge in [-0.3, -0.25) is 4.79 Å². The molecule has 0 bridgehead atoms. The number of rotatable bonds is 4. The summed E-state index contributed by atoms with van der Waals surface area (Å²) in [7, 11) is -3.57. The maximum Gasteiger partial charge on any atom is 0.295 e. The molecule has 1 aliphatic rings. The van der Waals surface area contributed by atoms with Crippen LogP contribution in [0.1, 0.15) is 29.9 Å². The van der Waals surface area contributed by atoms with Gasteiger partial charge in [-0.1, -0.05) is 12.5 Å². The lowest BCUT2D eigenvalue weighted by molar-refractivity contribution is 0.101. The first kappa shape index (κ1) is 17.6. The average molecular weight is 386 g/mol. The minimum absolute atomic E-state index is 0.0435. The number of nitrogens with zero attached hydrogens (tertiary/aromatic N) is 5. The third-order valence-corrected chi connectivity index (χ3v) is 6.26. The Labute approximate surface area is 156 Å². The van der Waals surface area contributed by atoms with E-state index >= 15 is 0 Å². The maximum absolute atomic E-state index is 12.8. The summed E-state index contributed by atoms with van der Waals surface area (Å²) in [6.45, 7) is 1.05. The summed E-state index contributed by atoms with van der Waals surface area (Å²) < 4.78 is 28.5. The van der Waals surface area contributed by atoms with Crippen LogP contribution in [0.25, 0.3) is 5.78 Å². The van der Waals surface area contributed by atoms with Gasteiger partial charge < -0.3 is 5.32 Å². The van der Waals surface area contributed by atoms with Crippen molar-refractivity contribution in [3.8, 4) is 0 Å². The molecular weight excluding hydrogens is 368 g/mol. The Kier molecular flexibility index (Phi) is 4.58. The Morgan fingerprint density at radius 3 is 2.70 bits per heavy atom. The number of hydrogen-bond donors (Lipinski definition) is 1. The number of nitrogens with one attached hydrogen (secondary N) is 1. The molecule has 140 valence electrons. The lowest BCUT2D eigenvalue weighted by atomic mass is 10.2. The summed E-state index contributed by atoms with van der Waals surface area (Å²) in [5.74, 6) is -0.268. The van der Waals surface area contributed by atoms with E-state index < -0.39 is 15.9 Å². The molecule has 0 spiro atoms. The number of fused-ring (bicyclic) bond motifs is 1. The first-order valence-corrected chi connectivity index (χ1v) is 10.1. The lowest BCUT2D eigenvalue weighted by Gasteiger charge is -2.26. The van der Waals surface area contributed by atoms with E-state index in [9.17, 15) is 13.2 Å². The third-order valence-electron chi connectivity index (χ3n) is 4.36. The summed E-state index contributed by atoms with van der Waals surface area (Å²) in [5, 5.41) is 6.70. The summed E-state index contributed by atoms with van der Waals surface area (Å²) in [6.07, 6.45) is 5.97. The standard InChI is InChI=1S/C17H18N6O3S/c24-16(15-20-17-18-8-5-11-23(17)21-15)19-13-6-4-7-14(12-13)27(25,26)22-9-2-1-3-10-22/h4-8,11-12H,1-3,9-10H2,(H,19,24). The summed E-state index contributed by atoms with van der Waals surface area (Å²) in [6, 6.07) is 7.90. The van der Waals surface area contributed by atoms with Crippen molar-refractivity contribution in [2.45, 2.75) is 24.2 Å². The van der Waals surface area contributed by atoms with Crippen molar-refractivity contribution in [2.75, 3.05) is 18.4 Å². The Balaban J connectivity index is 1.56. The van der Waals surface area contributed by atoms with Gasteiger partial charge in [0.1, 0.15) is 0 Å². The van der Waals surface area contributed by atoms with Crippen LogP contribution in [0.3, 0.4) is 0 Å². The molecule has 3 aromatic rings. The van der Waals surface area contributed by atoms with Gasteiger partial charge in [0.15, 0.2) is 0 Å². The van der Waals surface area contributed by atoms with Crippen molar-refractivity contribution in [1.29, 1.82) is 0 Å². The number of anilines is 1. The van der Waals surface area contributed by atoms with Crippen molar-refractivity contribution >= 4 is 27.4 Å². The predicted octanol–water partition coefficient (Wildman–Crippen LogP) is 1.55. The number of amides is 1. The molecule has 9 nitrogen and oxygen atoms in total. The number of benzene rings is 1. The van der Waals surface area contributed by atoms with Gasteiger partial charge in [0.2, 0.25) is 15.8 Å². The van der Waals surface area contributed by atoms with Crippen LogP contribution >= 0.6 is 0 Å². The Hall–Kier alpha value is -2.85. The number of aromatic nitrogens is 4. The number of carbonyl (C=O) groups excluding carboxylic acids is 1. The van der Waals surface area contributed by atoms with Crippen LogP contribution in [-0.2, 0) is 10.0 Å². The van der Waals surface area contributed by atoms with Crippen LogP contribution in [0, 0.1) is 0 Å². The van der Waals surface area contributed by atoms with Gasteiger partial charge in [0.25, 0.3) is 11.7 Å². The van der Waals surface area contributed by atoms with E-state index in [1.165, 1.54) is 21.0 Å². The maximum atomic E-state index is 12.8. The van der Waals surface area contributed by atoms with Gasteiger partial charge in [-0.2, -0.15) is 9.29 Å². The fraction of sp³-hybridized carbons (Fsp3) is 0.294. The van der Waals surface area contributed by atoms with Gasteiger partial charge in [-0.15, -0.1) is 5.10 Å². The molecule has 3 heterocycles. The molecule has 0 saturated carbocycles. The normalized spacial score (nSPS) is 15.7. The Bertz CT molecular complexity index is 1060. The van der Waals surface area contributed by atoms with E-state index in [2.05, 4.69) is 20.4 Å². The van der Waals surface area contributed by atoms with Gasteiger partial charge in [0.05, 0.1) is 4.90 Å². The largest absolute Gasteiger partial charge is 0.319 e. The monoisotopic (exact) mass is 386 g/mol. The first-order chi connectivity index (χ1) is 13.0. The number of piperidine rings is 1. The second-order valence-corrected chi connectivity index (χ2v) is 8.18. The van der Waals surface area contributed by atoms with Crippen molar-refractivity contribution < 1.29 is 13.2 Å². The molecule has 0 unspecified atom stereocenters. The number of hydrogen-bond acceptors (Lipinski definition) is 6. The van der Waals surface area contributed by atoms with E-state index in [4.69, 9.17) is 0 Å². The summed E-state index contributed by atoms with van der Waals surface area (Å²) >= 11 is 0. The fourth-order valence-corrected chi connectivity index (χ4v) is 4.57. The first-order valence-electron chi connectivity index (χ1n) is 8.63. The van der Waals surface area contributed by atoms with Crippen molar-refractivity contribution in [1.82, 2.24) is 23.9 Å². The fourth-order valence-electron chi connectivity index (χ4n) is 3.00. The molecule has 1 fully saturated rings. The molecule has 4 rings (SSSR count). The molecule has 0 atom stereocenters. The molecule has 0 radical (unpaired) electrons. The van der Waals surface area contributed by atoms with Crippen LogP contribution < -0.4 is 5.32 Å². The topological polar surface area (TPSA) is 110 Å². The zero-order valence-corrected chi connectivity index (χ0v) is 15.3. The minimum atomic E-state index is -3.57. The minimum Gasteiger partial charge on any atom is -0.319 e. The Morgan fingerprint density at radius 2 is 1.93 bits per heavy atom. The van der Waals surface area contributed by atoms with Gasteiger partial charge >= 0.3 is 0 Å². The number of sulfonamides is 1. The lowest BCUT2D eigenvalue weighted by Crippen LogP contribution is -2.35. The van der Waals surface area contributed by atoms with E-state index in [0.717, 1.165) is 19.3 Å².